The molecule has 0 spiro atoms. The number of para-hydroxylation sites is 1. The highest BCUT2D eigenvalue weighted by molar-refractivity contribution is 7.16. The van der Waals surface area contributed by atoms with Crippen molar-refractivity contribution in [2.45, 2.75) is 40.7 Å². The van der Waals surface area contributed by atoms with Crippen LogP contribution in [0, 0.1) is 33.5 Å². The van der Waals surface area contributed by atoms with Gasteiger partial charge in [0, 0.05) is 34.6 Å². The van der Waals surface area contributed by atoms with Crippen LogP contribution >= 0.6 is 11.3 Å². The standard InChI is InChI=1S/C30H29FN4O2S/c1-17-27(25-16-23(20(4)38-25)26-18(2)33-34(5)19(26)3)30(37)35(15-14-21-10-7-6-8-11-21)29(32-17)22-12-9-13-24(31)28(22)36/h6-13,16,36H,14-15H2,1-5H3. The number of hydrogen-bond acceptors (Lipinski definition) is 5. The van der Waals surface area contributed by atoms with Crippen molar-refractivity contribution in [3.05, 3.63) is 98.3 Å². The molecule has 2 aromatic carbocycles. The first-order chi connectivity index (χ1) is 18.2. The average Bonchev–Trinajstić information content (AvgIpc) is 3.37. The first-order valence-corrected chi connectivity index (χ1v) is 13.2. The van der Waals surface area contributed by atoms with Crippen LogP contribution in [-0.2, 0) is 20.0 Å². The highest BCUT2D eigenvalue weighted by Crippen LogP contribution is 2.39. The summed E-state index contributed by atoms with van der Waals surface area (Å²) in [6, 6.07) is 16.2. The van der Waals surface area contributed by atoms with Crippen LogP contribution in [0.2, 0.25) is 0 Å². The fourth-order valence-corrected chi connectivity index (χ4v) is 6.07. The summed E-state index contributed by atoms with van der Waals surface area (Å²) >= 11 is 1.55. The lowest BCUT2D eigenvalue weighted by molar-refractivity contribution is 0.433. The Bertz CT molecular complexity index is 1720. The van der Waals surface area contributed by atoms with E-state index in [1.807, 2.05) is 68.9 Å². The molecule has 0 fully saturated rings. The molecular weight excluding hydrogens is 499 g/mol. The highest BCUT2D eigenvalue weighted by Gasteiger charge is 2.23. The van der Waals surface area contributed by atoms with Gasteiger partial charge in [-0.05, 0) is 63.4 Å². The van der Waals surface area contributed by atoms with Crippen molar-refractivity contribution >= 4 is 11.3 Å². The number of thiophene rings is 1. The van der Waals surface area contributed by atoms with Gasteiger partial charge in [-0.2, -0.15) is 5.10 Å². The summed E-state index contributed by atoms with van der Waals surface area (Å²) in [4.78, 5) is 20.8. The Kier molecular flexibility index (Phi) is 6.75. The largest absolute Gasteiger partial charge is 0.504 e. The normalized spacial score (nSPS) is 11.3. The summed E-state index contributed by atoms with van der Waals surface area (Å²) < 4.78 is 17.7. The Balaban J connectivity index is 1.69. The Morgan fingerprint density at radius 1 is 0.947 bits per heavy atom. The van der Waals surface area contributed by atoms with Gasteiger partial charge in [0.25, 0.3) is 5.56 Å². The predicted molar refractivity (Wildman–Crippen MR) is 150 cm³/mol. The molecule has 1 N–H and O–H groups in total. The quantitative estimate of drug-likeness (QED) is 0.278. The molecule has 0 aliphatic rings. The molecule has 0 amide bonds. The summed E-state index contributed by atoms with van der Waals surface area (Å²) in [6.45, 7) is 8.18. The number of phenols is 1. The fraction of sp³-hybridized carbons (Fsp3) is 0.233. The molecule has 6 nitrogen and oxygen atoms in total. The maximum absolute atomic E-state index is 14.3. The fourth-order valence-electron chi connectivity index (χ4n) is 4.96. The summed E-state index contributed by atoms with van der Waals surface area (Å²) in [5, 5.41) is 15.1. The zero-order valence-electron chi connectivity index (χ0n) is 22.0. The van der Waals surface area contributed by atoms with Gasteiger partial charge in [-0.3, -0.25) is 14.0 Å². The molecule has 0 radical (unpaired) electrons. The number of aromatic hydroxyl groups is 1. The summed E-state index contributed by atoms with van der Waals surface area (Å²) in [5.74, 6) is -1.03. The molecule has 0 atom stereocenters. The third-order valence-electron chi connectivity index (χ3n) is 6.99. The first kappa shape index (κ1) is 25.6. The number of nitrogens with zero attached hydrogens (tertiary/aromatic N) is 4. The maximum atomic E-state index is 14.3. The van der Waals surface area contributed by atoms with Crippen molar-refractivity contribution in [1.82, 2.24) is 19.3 Å². The minimum atomic E-state index is -0.756. The number of rotatable bonds is 6. The van der Waals surface area contributed by atoms with Crippen LogP contribution in [0.3, 0.4) is 0 Å². The van der Waals surface area contributed by atoms with Gasteiger partial charge in [0.2, 0.25) is 0 Å². The van der Waals surface area contributed by atoms with E-state index < -0.39 is 11.6 Å². The van der Waals surface area contributed by atoms with Crippen LogP contribution in [0.4, 0.5) is 4.39 Å². The van der Waals surface area contributed by atoms with Crippen molar-refractivity contribution in [3.8, 4) is 38.7 Å². The van der Waals surface area contributed by atoms with Gasteiger partial charge in [-0.1, -0.05) is 36.4 Å². The summed E-state index contributed by atoms with van der Waals surface area (Å²) in [5.41, 5.74) is 6.18. The smallest absolute Gasteiger partial charge is 0.262 e. The number of phenolic OH excluding ortho intramolecular Hbond substituents is 1. The molecule has 194 valence electrons. The van der Waals surface area contributed by atoms with Crippen molar-refractivity contribution in [2.24, 2.45) is 7.05 Å². The van der Waals surface area contributed by atoms with Crippen LogP contribution in [0.1, 0.15) is 27.5 Å². The molecule has 5 rings (SSSR count). The third-order valence-corrected chi connectivity index (χ3v) is 8.06. The molecule has 0 bridgehead atoms. The van der Waals surface area contributed by atoms with E-state index in [1.165, 1.54) is 12.1 Å². The molecule has 8 heteroatoms. The van der Waals surface area contributed by atoms with E-state index >= 15 is 0 Å². The van der Waals surface area contributed by atoms with Crippen LogP contribution in [-0.4, -0.2) is 24.4 Å². The highest BCUT2D eigenvalue weighted by atomic mass is 32.1. The van der Waals surface area contributed by atoms with E-state index in [0.29, 0.717) is 24.2 Å². The second-order valence-corrected chi connectivity index (χ2v) is 10.7. The lowest BCUT2D eigenvalue weighted by atomic mass is 10.0. The molecular formula is C30H29FN4O2S. The van der Waals surface area contributed by atoms with Crippen molar-refractivity contribution in [3.63, 3.8) is 0 Å². The lowest BCUT2D eigenvalue weighted by Crippen LogP contribution is -2.27. The van der Waals surface area contributed by atoms with Gasteiger partial charge in [-0.25, -0.2) is 9.37 Å². The SMILES string of the molecule is Cc1nn(C)c(C)c1-c1cc(-c2c(C)nc(-c3cccc(F)c3O)n(CCc3ccccc3)c2=O)sc1C. The minimum absolute atomic E-state index is 0.189. The molecule has 3 aromatic heterocycles. The number of hydrogen-bond donors (Lipinski definition) is 1. The van der Waals surface area contributed by atoms with E-state index in [0.717, 1.165) is 37.8 Å². The second-order valence-electron chi connectivity index (χ2n) is 9.47. The Morgan fingerprint density at radius 3 is 2.37 bits per heavy atom. The Morgan fingerprint density at radius 2 is 1.68 bits per heavy atom. The van der Waals surface area contributed by atoms with E-state index in [2.05, 4.69) is 5.10 Å². The minimum Gasteiger partial charge on any atom is -0.504 e. The van der Waals surface area contributed by atoms with Gasteiger partial charge < -0.3 is 5.11 Å². The van der Waals surface area contributed by atoms with Gasteiger partial charge in [-0.15, -0.1) is 11.3 Å². The monoisotopic (exact) mass is 528 g/mol. The van der Waals surface area contributed by atoms with Crippen LogP contribution in [0.5, 0.6) is 5.75 Å². The molecule has 5 aromatic rings. The Hall–Kier alpha value is -4.04. The van der Waals surface area contributed by atoms with E-state index in [4.69, 9.17) is 4.98 Å². The number of benzene rings is 2. The van der Waals surface area contributed by atoms with Crippen molar-refractivity contribution in [2.75, 3.05) is 0 Å². The molecule has 38 heavy (non-hydrogen) atoms. The topological polar surface area (TPSA) is 72.9 Å². The first-order valence-electron chi connectivity index (χ1n) is 12.4. The zero-order chi connectivity index (χ0) is 27.1. The van der Waals surface area contributed by atoms with E-state index in [1.54, 1.807) is 28.9 Å². The molecule has 0 aliphatic carbocycles. The molecule has 3 heterocycles. The summed E-state index contributed by atoms with van der Waals surface area (Å²) in [6.07, 6.45) is 0.580. The molecule has 0 unspecified atom stereocenters. The summed E-state index contributed by atoms with van der Waals surface area (Å²) in [7, 11) is 1.93. The molecule has 0 saturated carbocycles. The predicted octanol–water partition coefficient (Wildman–Crippen LogP) is 6.36. The third kappa shape index (κ3) is 4.45. The maximum Gasteiger partial charge on any atom is 0.262 e. The van der Waals surface area contributed by atoms with Gasteiger partial charge >= 0.3 is 0 Å². The van der Waals surface area contributed by atoms with Crippen LogP contribution in [0.15, 0.2) is 59.4 Å². The van der Waals surface area contributed by atoms with Gasteiger partial charge in [0.1, 0.15) is 5.82 Å². The number of aromatic nitrogens is 4. The molecule has 0 aliphatic heterocycles. The van der Waals surface area contributed by atoms with E-state index in [-0.39, 0.29) is 16.9 Å². The zero-order valence-corrected chi connectivity index (χ0v) is 22.9. The average molecular weight is 529 g/mol. The van der Waals surface area contributed by atoms with Gasteiger partial charge in [0.15, 0.2) is 11.6 Å². The second kappa shape index (κ2) is 10.0. The van der Waals surface area contributed by atoms with E-state index in [9.17, 15) is 14.3 Å². The van der Waals surface area contributed by atoms with Crippen LogP contribution in [0.25, 0.3) is 33.0 Å². The van der Waals surface area contributed by atoms with Gasteiger partial charge in [0.05, 0.1) is 22.5 Å². The molecule has 0 saturated heterocycles. The number of aryl methyl sites for hydroxylation is 5. The Labute approximate surface area is 224 Å². The van der Waals surface area contributed by atoms with Crippen molar-refractivity contribution < 1.29 is 9.50 Å². The number of halogens is 1. The lowest BCUT2D eigenvalue weighted by Gasteiger charge is -2.16. The van der Waals surface area contributed by atoms with Crippen molar-refractivity contribution in [1.29, 1.82) is 0 Å². The van der Waals surface area contributed by atoms with Crippen LogP contribution < -0.4 is 5.56 Å².